The van der Waals surface area contributed by atoms with E-state index >= 15 is 0 Å². The topological polar surface area (TPSA) is 76.4 Å². The van der Waals surface area contributed by atoms with Crippen LogP contribution in [0.3, 0.4) is 0 Å². The van der Waals surface area contributed by atoms with E-state index in [2.05, 4.69) is 25.8 Å². The van der Waals surface area contributed by atoms with E-state index in [0.29, 0.717) is 24.6 Å². The summed E-state index contributed by atoms with van der Waals surface area (Å²) in [4.78, 5) is 4.13. The van der Waals surface area contributed by atoms with Gasteiger partial charge in [0, 0.05) is 32.2 Å². The molecule has 0 aliphatic carbocycles. The molecule has 0 atom stereocenters. The number of guanidine groups is 1. The van der Waals surface area contributed by atoms with Crippen molar-refractivity contribution in [2.45, 2.75) is 39.0 Å². The summed E-state index contributed by atoms with van der Waals surface area (Å²) in [6.07, 6.45) is 0.847. The molecule has 28 heavy (non-hydrogen) atoms. The Hall–Kier alpha value is -2.78. The number of aliphatic imine (C=N–C) groups is 1. The van der Waals surface area contributed by atoms with Crippen LogP contribution in [0.25, 0.3) is 0 Å². The minimum absolute atomic E-state index is 0.217. The molecule has 0 aliphatic heterocycles. The average Bonchev–Trinajstić information content (AvgIpc) is 3.16. The van der Waals surface area contributed by atoms with E-state index in [4.69, 9.17) is 4.74 Å². The summed E-state index contributed by atoms with van der Waals surface area (Å²) in [5.41, 5.74) is 1.46. The summed E-state index contributed by atoms with van der Waals surface area (Å²) in [6, 6.07) is 5.18. The highest BCUT2D eigenvalue weighted by Gasteiger charge is 2.28. The standard InChI is InChI=1S/C18H25F3N6O/c1-14-5-6-15(16(9-14)28-11-18(19,20)21)10-24-17(22-2)23-7-3-4-8-27-12-25-26-13-27/h5-6,9,12-13H,3-4,7-8,10-11H2,1-2H3,(H2,22,23,24). The van der Waals surface area contributed by atoms with Crippen molar-refractivity contribution in [3.63, 3.8) is 0 Å². The molecule has 0 saturated carbocycles. The van der Waals surface area contributed by atoms with Crippen molar-refractivity contribution in [2.75, 3.05) is 20.2 Å². The van der Waals surface area contributed by atoms with Gasteiger partial charge in [0.1, 0.15) is 18.4 Å². The fraction of sp³-hybridized carbons (Fsp3) is 0.500. The maximum Gasteiger partial charge on any atom is 0.422 e. The molecule has 0 aliphatic rings. The van der Waals surface area contributed by atoms with Crippen LogP contribution in [-0.4, -0.2) is 47.1 Å². The number of benzene rings is 1. The first-order valence-electron chi connectivity index (χ1n) is 8.93. The van der Waals surface area contributed by atoms with Gasteiger partial charge in [-0.3, -0.25) is 4.99 Å². The van der Waals surface area contributed by atoms with Gasteiger partial charge in [0.05, 0.1) is 0 Å². The number of halogens is 3. The van der Waals surface area contributed by atoms with Crippen LogP contribution in [0.4, 0.5) is 13.2 Å². The molecular weight excluding hydrogens is 373 g/mol. The van der Waals surface area contributed by atoms with Crippen molar-refractivity contribution in [2.24, 2.45) is 4.99 Å². The summed E-state index contributed by atoms with van der Waals surface area (Å²) in [7, 11) is 1.64. The largest absolute Gasteiger partial charge is 0.484 e. The van der Waals surface area contributed by atoms with Crippen LogP contribution in [0.5, 0.6) is 5.75 Å². The van der Waals surface area contributed by atoms with E-state index in [-0.39, 0.29) is 5.75 Å². The zero-order valence-electron chi connectivity index (χ0n) is 16.0. The van der Waals surface area contributed by atoms with Crippen LogP contribution in [0.1, 0.15) is 24.0 Å². The fourth-order valence-corrected chi connectivity index (χ4v) is 2.47. The van der Waals surface area contributed by atoms with E-state index in [1.165, 1.54) is 0 Å². The Bertz CT molecular complexity index is 746. The highest BCUT2D eigenvalue weighted by molar-refractivity contribution is 5.79. The Balaban J connectivity index is 1.78. The second kappa shape index (κ2) is 10.5. The second-order valence-electron chi connectivity index (χ2n) is 6.27. The molecule has 0 unspecified atom stereocenters. The third-order valence-corrected chi connectivity index (χ3v) is 3.89. The number of aromatic nitrogens is 3. The van der Waals surface area contributed by atoms with E-state index in [9.17, 15) is 13.2 Å². The number of alkyl halides is 3. The molecule has 10 heteroatoms. The first-order valence-corrected chi connectivity index (χ1v) is 8.93. The summed E-state index contributed by atoms with van der Waals surface area (Å²) in [6.45, 7) is 2.34. The summed E-state index contributed by atoms with van der Waals surface area (Å²) < 4.78 is 44.2. The van der Waals surface area contributed by atoms with Gasteiger partial charge in [-0.15, -0.1) is 10.2 Å². The van der Waals surface area contributed by atoms with E-state index in [1.54, 1.807) is 38.8 Å². The molecule has 0 amide bonds. The molecule has 1 aromatic heterocycles. The first kappa shape index (κ1) is 21.5. The normalized spacial score (nSPS) is 12.1. The molecule has 1 heterocycles. The molecule has 0 fully saturated rings. The van der Waals surface area contributed by atoms with Crippen molar-refractivity contribution in [1.82, 2.24) is 25.4 Å². The van der Waals surface area contributed by atoms with E-state index in [0.717, 1.165) is 24.9 Å². The quantitative estimate of drug-likeness (QED) is 0.386. The Morgan fingerprint density at radius 2 is 1.93 bits per heavy atom. The average molecular weight is 398 g/mol. The van der Waals surface area contributed by atoms with Gasteiger partial charge in [-0.25, -0.2) is 0 Å². The summed E-state index contributed by atoms with van der Waals surface area (Å²) in [5.74, 6) is 0.792. The summed E-state index contributed by atoms with van der Waals surface area (Å²) >= 11 is 0. The SMILES string of the molecule is CN=C(NCCCCn1cnnc1)NCc1ccc(C)cc1OCC(F)(F)F. The monoisotopic (exact) mass is 398 g/mol. The number of nitrogens with one attached hydrogen (secondary N) is 2. The van der Waals surface area contributed by atoms with Crippen molar-refractivity contribution < 1.29 is 17.9 Å². The van der Waals surface area contributed by atoms with Gasteiger partial charge in [-0.05, 0) is 31.4 Å². The molecular formula is C18H25F3N6O. The molecule has 2 rings (SSSR count). The lowest BCUT2D eigenvalue weighted by atomic mass is 10.1. The van der Waals surface area contributed by atoms with Crippen LogP contribution in [-0.2, 0) is 13.1 Å². The summed E-state index contributed by atoms with van der Waals surface area (Å²) in [5, 5.41) is 13.8. The van der Waals surface area contributed by atoms with E-state index < -0.39 is 12.8 Å². The zero-order chi connectivity index (χ0) is 20.4. The number of ether oxygens (including phenoxy) is 1. The second-order valence-corrected chi connectivity index (χ2v) is 6.27. The Labute approximate surface area is 162 Å². The molecule has 7 nitrogen and oxygen atoms in total. The third-order valence-electron chi connectivity index (χ3n) is 3.89. The van der Waals surface area contributed by atoms with Crippen LogP contribution in [0, 0.1) is 6.92 Å². The predicted octanol–water partition coefficient (Wildman–Crippen LogP) is 2.67. The smallest absolute Gasteiger partial charge is 0.422 e. The minimum Gasteiger partial charge on any atom is -0.484 e. The maximum atomic E-state index is 12.5. The van der Waals surface area contributed by atoms with Gasteiger partial charge < -0.3 is 19.9 Å². The number of hydrogen-bond acceptors (Lipinski definition) is 4. The molecule has 0 bridgehead atoms. The third kappa shape index (κ3) is 7.85. The van der Waals surface area contributed by atoms with Gasteiger partial charge in [0.2, 0.25) is 0 Å². The molecule has 0 saturated heterocycles. The van der Waals surface area contributed by atoms with E-state index in [1.807, 2.05) is 10.6 Å². The molecule has 0 spiro atoms. The lowest BCUT2D eigenvalue weighted by Crippen LogP contribution is -2.37. The molecule has 0 radical (unpaired) electrons. The van der Waals surface area contributed by atoms with Gasteiger partial charge in [-0.2, -0.15) is 13.2 Å². The molecule has 1 aromatic carbocycles. The van der Waals surface area contributed by atoms with Gasteiger partial charge in [0.25, 0.3) is 0 Å². The van der Waals surface area contributed by atoms with Crippen LogP contribution in [0.2, 0.25) is 0 Å². The zero-order valence-corrected chi connectivity index (χ0v) is 16.0. The van der Waals surface area contributed by atoms with Gasteiger partial charge in [-0.1, -0.05) is 12.1 Å². The predicted molar refractivity (Wildman–Crippen MR) is 100 cm³/mol. The lowest BCUT2D eigenvalue weighted by molar-refractivity contribution is -0.153. The lowest BCUT2D eigenvalue weighted by Gasteiger charge is -2.16. The Morgan fingerprint density at radius 3 is 2.61 bits per heavy atom. The Morgan fingerprint density at radius 1 is 1.18 bits per heavy atom. The van der Waals surface area contributed by atoms with Gasteiger partial charge in [0.15, 0.2) is 12.6 Å². The number of nitrogens with zero attached hydrogens (tertiary/aromatic N) is 4. The first-order chi connectivity index (χ1) is 13.4. The highest BCUT2D eigenvalue weighted by Crippen LogP contribution is 2.23. The maximum absolute atomic E-state index is 12.5. The highest BCUT2D eigenvalue weighted by atomic mass is 19.4. The number of aryl methyl sites for hydroxylation is 2. The fourth-order valence-electron chi connectivity index (χ4n) is 2.47. The number of hydrogen-bond donors (Lipinski definition) is 2. The Kier molecular flexibility index (Phi) is 8.09. The van der Waals surface area contributed by atoms with Crippen molar-refractivity contribution in [3.8, 4) is 5.75 Å². The van der Waals surface area contributed by atoms with Crippen molar-refractivity contribution >= 4 is 5.96 Å². The van der Waals surface area contributed by atoms with Crippen molar-refractivity contribution in [3.05, 3.63) is 42.0 Å². The number of rotatable bonds is 9. The number of unbranched alkanes of at least 4 members (excludes halogenated alkanes) is 1. The van der Waals surface area contributed by atoms with Crippen LogP contribution in [0.15, 0.2) is 35.8 Å². The molecule has 2 aromatic rings. The van der Waals surface area contributed by atoms with Crippen molar-refractivity contribution in [1.29, 1.82) is 0 Å². The molecule has 2 N–H and O–H groups in total. The van der Waals surface area contributed by atoms with Crippen LogP contribution >= 0.6 is 0 Å². The minimum atomic E-state index is -4.38. The van der Waals surface area contributed by atoms with Crippen LogP contribution < -0.4 is 15.4 Å². The molecule has 154 valence electrons. The van der Waals surface area contributed by atoms with Gasteiger partial charge >= 0.3 is 6.18 Å².